The molecule has 0 aromatic heterocycles. The van der Waals surface area contributed by atoms with Gasteiger partial charge in [0.05, 0.1) is 6.07 Å². The summed E-state index contributed by atoms with van der Waals surface area (Å²) in [6, 6.07) is 8.82. The molecular formula is C13H15N3O3. The summed E-state index contributed by atoms with van der Waals surface area (Å²) in [4.78, 5) is 22.5. The van der Waals surface area contributed by atoms with Crippen molar-refractivity contribution in [1.82, 2.24) is 5.32 Å². The number of amides is 2. The van der Waals surface area contributed by atoms with Gasteiger partial charge in [-0.15, -0.1) is 0 Å². The van der Waals surface area contributed by atoms with Crippen LogP contribution in [0.25, 0.3) is 0 Å². The second-order valence-corrected chi connectivity index (χ2v) is 3.79. The van der Waals surface area contributed by atoms with E-state index in [9.17, 15) is 9.59 Å². The van der Waals surface area contributed by atoms with Crippen LogP contribution in [-0.4, -0.2) is 25.5 Å². The third-order valence-electron chi connectivity index (χ3n) is 2.22. The van der Waals surface area contributed by atoms with Crippen LogP contribution in [0, 0.1) is 11.3 Å². The van der Waals surface area contributed by atoms with Gasteiger partial charge in [0.1, 0.15) is 13.0 Å². The minimum Gasteiger partial charge on any atom is -0.375 e. The number of anilines is 1. The maximum atomic E-state index is 11.3. The molecule has 19 heavy (non-hydrogen) atoms. The Labute approximate surface area is 111 Å². The third kappa shape index (κ3) is 5.66. The van der Waals surface area contributed by atoms with Crippen molar-refractivity contribution in [2.45, 2.75) is 13.0 Å². The van der Waals surface area contributed by atoms with Gasteiger partial charge in [-0.25, -0.2) is 0 Å². The fourth-order valence-electron chi connectivity index (χ4n) is 1.42. The van der Waals surface area contributed by atoms with Gasteiger partial charge < -0.3 is 15.4 Å². The normalized spacial score (nSPS) is 9.47. The minimum absolute atomic E-state index is 0.0125. The van der Waals surface area contributed by atoms with E-state index >= 15 is 0 Å². The number of nitrogens with zero attached hydrogens (tertiary/aromatic N) is 1. The Kier molecular flexibility index (Phi) is 6.06. The molecular weight excluding hydrogens is 246 g/mol. The van der Waals surface area contributed by atoms with E-state index < -0.39 is 0 Å². The lowest BCUT2D eigenvalue weighted by atomic mass is 10.2. The van der Waals surface area contributed by atoms with Gasteiger partial charge in [0.25, 0.3) is 0 Å². The molecule has 2 amide bonds. The molecule has 100 valence electrons. The van der Waals surface area contributed by atoms with Crippen LogP contribution >= 0.6 is 0 Å². The van der Waals surface area contributed by atoms with E-state index in [-0.39, 0.29) is 24.8 Å². The Balaban J connectivity index is 2.55. The lowest BCUT2D eigenvalue weighted by Gasteiger charge is -2.07. The number of nitrogens with one attached hydrogen (secondary N) is 2. The van der Waals surface area contributed by atoms with Gasteiger partial charge in [-0.3, -0.25) is 9.59 Å². The zero-order chi connectivity index (χ0) is 14.1. The topological polar surface area (TPSA) is 91.2 Å². The summed E-state index contributed by atoms with van der Waals surface area (Å²) >= 11 is 0. The molecule has 0 heterocycles. The summed E-state index contributed by atoms with van der Waals surface area (Å²) in [5.41, 5.74) is 1.44. The van der Waals surface area contributed by atoms with Crippen LogP contribution in [0.3, 0.4) is 0 Å². The van der Waals surface area contributed by atoms with Crippen LogP contribution in [0.4, 0.5) is 5.69 Å². The SMILES string of the molecule is COCC(=O)NCc1cccc(NC(=O)CC#N)c1. The maximum Gasteiger partial charge on any atom is 0.246 e. The number of hydrogen-bond donors (Lipinski definition) is 2. The highest BCUT2D eigenvalue weighted by Gasteiger charge is 2.03. The van der Waals surface area contributed by atoms with E-state index in [1.807, 2.05) is 6.07 Å². The number of carbonyl (C=O) groups excluding carboxylic acids is 2. The largest absolute Gasteiger partial charge is 0.375 e. The molecule has 0 fully saturated rings. The number of rotatable bonds is 6. The third-order valence-corrected chi connectivity index (χ3v) is 2.22. The first-order valence-electron chi connectivity index (χ1n) is 5.67. The molecule has 0 unspecified atom stereocenters. The van der Waals surface area contributed by atoms with Crippen LogP contribution in [-0.2, 0) is 20.9 Å². The van der Waals surface area contributed by atoms with E-state index in [2.05, 4.69) is 10.6 Å². The summed E-state index contributed by atoms with van der Waals surface area (Å²) in [6.45, 7) is 0.364. The predicted molar refractivity (Wildman–Crippen MR) is 69.0 cm³/mol. The van der Waals surface area contributed by atoms with E-state index in [4.69, 9.17) is 10.00 Å². The molecule has 0 saturated heterocycles. The molecule has 0 aliphatic carbocycles. The molecule has 0 aliphatic rings. The van der Waals surface area contributed by atoms with E-state index in [1.54, 1.807) is 24.3 Å². The fourth-order valence-corrected chi connectivity index (χ4v) is 1.42. The first-order valence-corrected chi connectivity index (χ1v) is 5.67. The van der Waals surface area contributed by atoms with Gasteiger partial charge in [0, 0.05) is 19.3 Å². The molecule has 0 saturated carbocycles. The number of methoxy groups -OCH3 is 1. The minimum atomic E-state index is -0.358. The van der Waals surface area contributed by atoms with Crippen molar-refractivity contribution in [2.24, 2.45) is 0 Å². The molecule has 0 aliphatic heterocycles. The molecule has 2 N–H and O–H groups in total. The van der Waals surface area contributed by atoms with Crippen LogP contribution in [0.15, 0.2) is 24.3 Å². The average molecular weight is 261 g/mol. The summed E-state index contributed by atoms with van der Waals surface area (Å²) < 4.78 is 4.70. The molecule has 1 aromatic carbocycles. The molecule has 0 spiro atoms. The highest BCUT2D eigenvalue weighted by Crippen LogP contribution is 2.10. The van der Waals surface area contributed by atoms with Crippen LogP contribution in [0.2, 0.25) is 0 Å². The van der Waals surface area contributed by atoms with Crippen molar-refractivity contribution in [3.05, 3.63) is 29.8 Å². The number of hydrogen-bond acceptors (Lipinski definition) is 4. The molecule has 1 aromatic rings. The van der Waals surface area contributed by atoms with Crippen LogP contribution in [0.1, 0.15) is 12.0 Å². The van der Waals surface area contributed by atoms with Crippen molar-refractivity contribution in [2.75, 3.05) is 19.0 Å². The number of nitriles is 1. The second kappa shape index (κ2) is 7.84. The molecule has 0 bridgehead atoms. The average Bonchev–Trinajstić information content (AvgIpc) is 2.37. The molecule has 6 heteroatoms. The number of benzene rings is 1. The Morgan fingerprint density at radius 3 is 2.84 bits per heavy atom. The van der Waals surface area contributed by atoms with E-state index in [0.717, 1.165) is 5.56 Å². The van der Waals surface area contributed by atoms with Crippen LogP contribution < -0.4 is 10.6 Å². The maximum absolute atomic E-state index is 11.3. The Morgan fingerprint density at radius 1 is 1.37 bits per heavy atom. The van der Waals surface area contributed by atoms with Gasteiger partial charge in [0.15, 0.2) is 0 Å². The highest BCUT2D eigenvalue weighted by atomic mass is 16.5. The molecule has 0 radical (unpaired) electrons. The summed E-state index contributed by atoms with van der Waals surface area (Å²) in [5.74, 6) is -0.565. The Bertz CT molecular complexity index is 494. The monoisotopic (exact) mass is 261 g/mol. The van der Waals surface area contributed by atoms with Crippen molar-refractivity contribution in [1.29, 1.82) is 5.26 Å². The summed E-state index contributed by atoms with van der Waals surface area (Å²) in [7, 11) is 1.45. The van der Waals surface area contributed by atoms with Crippen molar-refractivity contribution in [3.63, 3.8) is 0 Å². The first kappa shape index (κ1) is 14.7. The fraction of sp³-hybridized carbons (Fsp3) is 0.308. The molecule has 0 atom stereocenters. The van der Waals surface area contributed by atoms with E-state index in [1.165, 1.54) is 7.11 Å². The van der Waals surface area contributed by atoms with Gasteiger partial charge in [-0.05, 0) is 17.7 Å². The highest BCUT2D eigenvalue weighted by molar-refractivity contribution is 5.92. The zero-order valence-corrected chi connectivity index (χ0v) is 10.6. The number of carbonyl (C=O) groups is 2. The van der Waals surface area contributed by atoms with Crippen molar-refractivity contribution < 1.29 is 14.3 Å². The standard InChI is InChI=1S/C13H15N3O3/c1-19-9-13(18)15-8-10-3-2-4-11(7-10)16-12(17)5-6-14/h2-4,7H,5,8-9H2,1H3,(H,15,18)(H,16,17). The quantitative estimate of drug-likeness (QED) is 0.792. The Hall–Kier alpha value is -2.39. The lowest BCUT2D eigenvalue weighted by Crippen LogP contribution is -2.26. The first-order chi connectivity index (χ1) is 9.15. The van der Waals surface area contributed by atoms with Crippen LogP contribution in [0.5, 0.6) is 0 Å². The summed E-state index contributed by atoms with van der Waals surface area (Å²) in [5, 5.41) is 13.7. The smallest absolute Gasteiger partial charge is 0.246 e. The predicted octanol–water partition coefficient (Wildman–Crippen LogP) is 0.801. The van der Waals surface area contributed by atoms with E-state index in [0.29, 0.717) is 12.2 Å². The Morgan fingerprint density at radius 2 is 2.16 bits per heavy atom. The van der Waals surface area contributed by atoms with Crippen molar-refractivity contribution >= 4 is 17.5 Å². The molecule has 6 nitrogen and oxygen atoms in total. The number of ether oxygens (including phenoxy) is 1. The molecule has 1 rings (SSSR count). The lowest BCUT2D eigenvalue weighted by molar-refractivity contribution is -0.124. The van der Waals surface area contributed by atoms with Crippen molar-refractivity contribution in [3.8, 4) is 6.07 Å². The zero-order valence-electron chi connectivity index (χ0n) is 10.6. The van der Waals surface area contributed by atoms with Gasteiger partial charge in [-0.2, -0.15) is 5.26 Å². The van der Waals surface area contributed by atoms with Gasteiger partial charge in [0.2, 0.25) is 11.8 Å². The second-order valence-electron chi connectivity index (χ2n) is 3.79. The van der Waals surface area contributed by atoms with Gasteiger partial charge in [-0.1, -0.05) is 12.1 Å². The summed E-state index contributed by atoms with van der Waals surface area (Å²) in [6.07, 6.45) is -0.186. The van der Waals surface area contributed by atoms with Gasteiger partial charge >= 0.3 is 0 Å².